The van der Waals surface area contributed by atoms with Crippen LogP contribution in [0, 0.1) is 0 Å². The maximum atomic E-state index is 4.20. The molecule has 0 bridgehead atoms. The Morgan fingerprint density at radius 1 is 1.21 bits per heavy atom. The van der Waals surface area contributed by atoms with Gasteiger partial charge in [0.05, 0.1) is 4.88 Å². The quantitative estimate of drug-likeness (QED) is 0.747. The molecule has 0 N–H and O–H groups in total. The smallest absolute Gasteiger partial charge is 0.169 e. The van der Waals surface area contributed by atoms with E-state index < -0.39 is 0 Å². The molecule has 0 spiro atoms. The van der Waals surface area contributed by atoms with E-state index in [9.17, 15) is 0 Å². The monoisotopic (exact) mass is 202 g/mol. The average Bonchev–Trinajstić information content (AvgIpc) is 2.68. The van der Waals surface area contributed by atoms with Crippen LogP contribution in [0.3, 0.4) is 0 Å². The third kappa shape index (κ3) is 1.88. The van der Waals surface area contributed by atoms with Gasteiger partial charge in [0.25, 0.3) is 0 Å². The van der Waals surface area contributed by atoms with Gasteiger partial charge in [0.2, 0.25) is 0 Å². The van der Waals surface area contributed by atoms with Gasteiger partial charge in [-0.15, -0.1) is 11.3 Å². The van der Waals surface area contributed by atoms with Crippen molar-refractivity contribution >= 4 is 17.4 Å². The molecule has 70 valence electrons. The van der Waals surface area contributed by atoms with Gasteiger partial charge in [-0.3, -0.25) is 0 Å². The fourth-order valence-electron chi connectivity index (χ4n) is 1.15. The fraction of sp³-hybridized carbons (Fsp3) is 0.0909. The Hall–Kier alpha value is -1.48. The highest BCUT2D eigenvalue weighted by Gasteiger charge is 2.02. The maximum absolute atomic E-state index is 4.20. The molecule has 0 aliphatic carbocycles. The van der Waals surface area contributed by atoms with E-state index in [1.165, 1.54) is 4.88 Å². The normalized spacial score (nSPS) is 10.9. The van der Waals surface area contributed by atoms with Crippen LogP contribution in [0.1, 0.15) is 11.8 Å². The Balaban J connectivity index is 2.34. The minimum absolute atomic E-state index is 0.799. The minimum atomic E-state index is 0.799. The number of nitrogens with zero attached hydrogens (tertiary/aromatic N) is 2. The molecule has 0 atom stereocenters. The Morgan fingerprint density at radius 2 is 2.00 bits per heavy atom. The first-order chi connectivity index (χ1) is 6.90. The van der Waals surface area contributed by atoms with E-state index in [0.717, 1.165) is 10.7 Å². The highest BCUT2D eigenvalue weighted by atomic mass is 32.1. The number of thiophene rings is 1. The second kappa shape index (κ2) is 4.15. The van der Waals surface area contributed by atoms with Crippen LogP contribution < -0.4 is 0 Å². The maximum Gasteiger partial charge on any atom is 0.169 e. The highest BCUT2D eigenvalue weighted by molar-refractivity contribution is 7.16. The summed E-state index contributed by atoms with van der Waals surface area (Å²) < 4.78 is 0. The van der Waals surface area contributed by atoms with Gasteiger partial charge in [0, 0.05) is 17.3 Å². The van der Waals surface area contributed by atoms with Crippen LogP contribution in [0.5, 0.6) is 0 Å². The van der Waals surface area contributed by atoms with E-state index >= 15 is 0 Å². The molecule has 0 amide bonds. The number of rotatable bonds is 2. The summed E-state index contributed by atoms with van der Waals surface area (Å²) in [6.07, 6.45) is 7.63. The molecule has 0 aliphatic rings. The van der Waals surface area contributed by atoms with Crippen molar-refractivity contribution in [1.82, 2.24) is 9.97 Å². The molecule has 14 heavy (non-hydrogen) atoms. The van der Waals surface area contributed by atoms with E-state index in [1.807, 2.05) is 19.1 Å². The van der Waals surface area contributed by atoms with Crippen molar-refractivity contribution in [1.29, 1.82) is 0 Å². The number of aromatic nitrogens is 2. The van der Waals surface area contributed by atoms with Crippen molar-refractivity contribution < 1.29 is 0 Å². The molecule has 0 aromatic carbocycles. The van der Waals surface area contributed by atoms with Crippen molar-refractivity contribution in [2.45, 2.75) is 6.92 Å². The van der Waals surface area contributed by atoms with Crippen molar-refractivity contribution in [3.05, 3.63) is 41.5 Å². The SMILES string of the molecule is CC=Cc1ccc(-c2ncccn2)s1. The lowest BCUT2D eigenvalue weighted by Gasteiger charge is -1.91. The zero-order valence-electron chi connectivity index (χ0n) is 7.84. The van der Waals surface area contributed by atoms with Gasteiger partial charge in [-0.05, 0) is 31.2 Å². The molecule has 2 aromatic heterocycles. The molecular weight excluding hydrogens is 192 g/mol. The second-order valence-corrected chi connectivity index (χ2v) is 3.89. The van der Waals surface area contributed by atoms with Crippen molar-refractivity contribution in [2.24, 2.45) is 0 Å². The van der Waals surface area contributed by atoms with Gasteiger partial charge in [0.15, 0.2) is 5.82 Å². The molecular formula is C11H10N2S. The van der Waals surface area contributed by atoms with E-state index in [1.54, 1.807) is 23.7 Å². The summed E-state index contributed by atoms with van der Waals surface area (Å²) >= 11 is 1.70. The zero-order valence-corrected chi connectivity index (χ0v) is 8.66. The number of hydrogen-bond acceptors (Lipinski definition) is 3. The Morgan fingerprint density at radius 3 is 2.71 bits per heavy atom. The third-order valence-corrected chi connectivity index (χ3v) is 2.79. The lowest BCUT2D eigenvalue weighted by Crippen LogP contribution is -1.81. The molecule has 2 nitrogen and oxygen atoms in total. The average molecular weight is 202 g/mol. The Labute approximate surface area is 87.0 Å². The van der Waals surface area contributed by atoms with Crippen LogP contribution in [-0.4, -0.2) is 9.97 Å². The van der Waals surface area contributed by atoms with E-state index in [2.05, 4.69) is 28.2 Å². The van der Waals surface area contributed by atoms with Crippen LogP contribution in [0.15, 0.2) is 36.7 Å². The second-order valence-electron chi connectivity index (χ2n) is 2.77. The standard InChI is InChI=1S/C11H10N2S/c1-2-4-9-5-6-10(14-9)11-12-7-3-8-13-11/h2-8H,1H3. The number of allylic oxidation sites excluding steroid dienone is 1. The Kier molecular flexibility index (Phi) is 2.70. The predicted octanol–water partition coefficient (Wildman–Crippen LogP) is 3.24. The van der Waals surface area contributed by atoms with E-state index in [-0.39, 0.29) is 0 Å². The van der Waals surface area contributed by atoms with Gasteiger partial charge in [-0.25, -0.2) is 9.97 Å². The number of hydrogen-bond donors (Lipinski definition) is 0. The minimum Gasteiger partial charge on any atom is -0.236 e. The highest BCUT2D eigenvalue weighted by Crippen LogP contribution is 2.25. The third-order valence-electron chi connectivity index (χ3n) is 1.74. The van der Waals surface area contributed by atoms with E-state index in [0.29, 0.717) is 0 Å². The molecule has 0 saturated carbocycles. The summed E-state index contributed by atoms with van der Waals surface area (Å²) in [5.74, 6) is 0.799. The van der Waals surface area contributed by atoms with Crippen LogP contribution in [0.25, 0.3) is 16.8 Å². The molecule has 2 aromatic rings. The molecule has 0 fully saturated rings. The summed E-state index contributed by atoms with van der Waals surface area (Å²) in [4.78, 5) is 10.7. The molecule has 0 unspecified atom stereocenters. The van der Waals surface area contributed by atoms with Gasteiger partial charge < -0.3 is 0 Å². The molecule has 0 aliphatic heterocycles. The first-order valence-corrected chi connectivity index (χ1v) is 5.22. The van der Waals surface area contributed by atoms with Crippen molar-refractivity contribution in [3.63, 3.8) is 0 Å². The van der Waals surface area contributed by atoms with Crippen LogP contribution in [0.2, 0.25) is 0 Å². The molecule has 2 rings (SSSR count). The molecule has 0 saturated heterocycles. The van der Waals surface area contributed by atoms with Crippen LogP contribution >= 0.6 is 11.3 Å². The summed E-state index contributed by atoms with van der Waals surface area (Å²) in [6, 6.07) is 5.95. The molecule has 3 heteroatoms. The lowest BCUT2D eigenvalue weighted by atomic mass is 10.4. The summed E-state index contributed by atoms with van der Waals surface area (Å²) in [7, 11) is 0. The summed E-state index contributed by atoms with van der Waals surface area (Å²) in [5, 5.41) is 0. The van der Waals surface area contributed by atoms with Gasteiger partial charge in [-0.1, -0.05) is 6.08 Å². The van der Waals surface area contributed by atoms with Crippen molar-refractivity contribution in [2.75, 3.05) is 0 Å². The lowest BCUT2D eigenvalue weighted by molar-refractivity contribution is 1.19. The van der Waals surface area contributed by atoms with Crippen molar-refractivity contribution in [3.8, 4) is 10.7 Å². The van der Waals surface area contributed by atoms with Gasteiger partial charge in [-0.2, -0.15) is 0 Å². The van der Waals surface area contributed by atoms with Gasteiger partial charge in [0.1, 0.15) is 0 Å². The molecule has 0 radical (unpaired) electrons. The van der Waals surface area contributed by atoms with Crippen LogP contribution in [0.4, 0.5) is 0 Å². The molecule has 2 heterocycles. The first kappa shape index (κ1) is 9.09. The Bertz CT molecular complexity index is 432. The van der Waals surface area contributed by atoms with E-state index in [4.69, 9.17) is 0 Å². The largest absolute Gasteiger partial charge is 0.236 e. The fourth-order valence-corrected chi connectivity index (χ4v) is 2.08. The predicted molar refractivity (Wildman–Crippen MR) is 60.1 cm³/mol. The zero-order chi connectivity index (χ0) is 9.80. The topological polar surface area (TPSA) is 25.8 Å². The van der Waals surface area contributed by atoms with Crippen LogP contribution in [-0.2, 0) is 0 Å². The summed E-state index contributed by atoms with van der Waals surface area (Å²) in [6.45, 7) is 2.01. The van der Waals surface area contributed by atoms with Gasteiger partial charge >= 0.3 is 0 Å². The first-order valence-electron chi connectivity index (χ1n) is 4.40. The summed E-state index contributed by atoms with van der Waals surface area (Å²) in [5.41, 5.74) is 0.